The molecule has 2 rings (SSSR count). The zero-order chi connectivity index (χ0) is 9.26. The smallest absolute Gasteiger partial charge is 0.101 e. The largest absolute Gasteiger partial charge is 0.358 e. The Kier molecular flexibility index (Phi) is 5.64. The molecule has 0 spiro atoms. The second kappa shape index (κ2) is 5.95. The fraction of sp³-hybridized carbons (Fsp3) is 0.0833. The molecule has 3 heteroatoms. The SMILES string of the molecule is Cc1c(C#N)cnc2c[c-]ccc12.[CH3-].[Y]. The van der Waals surface area contributed by atoms with Crippen molar-refractivity contribution in [1.29, 1.82) is 5.26 Å². The van der Waals surface area contributed by atoms with Crippen LogP contribution in [0, 0.1) is 31.7 Å². The Hall–Kier alpha value is -0.776. The van der Waals surface area contributed by atoms with Crippen LogP contribution >= 0.6 is 0 Å². The van der Waals surface area contributed by atoms with Gasteiger partial charge in [0.1, 0.15) is 6.07 Å². The van der Waals surface area contributed by atoms with Gasteiger partial charge in [0.05, 0.1) is 5.56 Å². The zero-order valence-corrected chi connectivity index (χ0v) is 11.6. The summed E-state index contributed by atoms with van der Waals surface area (Å²) in [5.74, 6) is 0. The molecule has 0 saturated heterocycles. The van der Waals surface area contributed by atoms with Crippen LogP contribution in [0.3, 0.4) is 0 Å². The quantitative estimate of drug-likeness (QED) is 0.691. The number of benzene rings is 1. The molecule has 2 nitrogen and oxygen atoms in total. The summed E-state index contributed by atoms with van der Waals surface area (Å²) >= 11 is 0. The Morgan fingerprint density at radius 1 is 1.47 bits per heavy atom. The molecule has 1 aromatic carbocycles. The van der Waals surface area contributed by atoms with Gasteiger partial charge in [-0.2, -0.15) is 29.5 Å². The number of aryl methyl sites for hydroxylation is 1. The van der Waals surface area contributed by atoms with E-state index >= 15 is 0 Å². The molecule has 2 aromatic rings. The van der Waals surface area contributed by atoms with E-state index in [1.165, 1.54) is 0 Å². The maximum absolute atomic E-state index is 8.78. The van der Waals surface area contributed by atoms with Gasteiger partial charge in [-0.25, -0.2) is 0 Å². The van der Waals surface area contributed by atoms with Gasteiger partial charge in [-0.15, -0.1) is 5.39 Å². The van der Waals surface area contributed by atoms with Gasteiger partial charge in [0.25, 0.3) is 0 Å². The topological polar surface area (TPSA) is 36.7 Å². The second-order valence-electron chi connectivity index (χ2n) is 2.85. The third-order valence-electron chi connectivity index (χ3n) is 2.10. The van der Waals surface area contributed by atoms with E-state index in [0.29, 0.717) is 5.56 Å². The van der Waals surface area contributed by atoms with Crippen molar-refractivity contribution in [2.75, 3.05) is 0 Å². The van der Waals surface area contributed by atoms with Gasteiger partial charge in [0.15, 0.2) is 0 Å². The molecule has 0 atom stereocenters. The monoisotopic (exact) mass is 271 g/mol. The summed E-state index contributed by atoms with van der Waals surface area (Å²) in [6.07, 6.45) is 1.60. The predicted molar refractivity (Wildman–Crippen MR) is 56.4 cm³/mol. The number of rotatable bonds is 0. The Morgan fingerprint density at radius 2 is 2.20 bits per heavy atom. The number of hydrogen-bond donors (Lipinski definition) is 0. The molecule has 1 aromatic heterocycles. The molecule has 0 aliphatic rings. The third kappa shape index (κ3) is 2.62. The van der Waals surface area contributed by atoms with E-state index < -0.39 is 0 Å². The van der Waals surface area contributed by atoms with Crippen molar-refractivity contribution in [3.63, 3.8) is 0 Å². The van der Waals surface area contributed by atoms with Crippen LogP contribution in [0.2, 0.25) is 0 Å². The summed E-state index contributed by atoms with van der Waals surface area (Å²) in [4.78, 5) is 4.16. The third-order valence-corrected chi connectivity index (χ3v) is 2.10. The summed E-state index contributed by atoms with van der Waals surface area (Å²) in [7, 11) is 0. The number of pyridine rings is 1. The summed E-state index contributed by atoms with van der Waals surface area (Å²) in [6.45, 7) is 1.93. The van der Waals surface area contributed by atoms with Crippen molar-refractivity contribution in [2.45, 2.75) is 6.92 Å². The second-order valence-corrected chi connectivity index (χ2v) is 2.85. The molecule has 0 amide bonds. The summed E-state index contributed by atoms with van der Waals surface area (Å²) in [5, 5.41) is 9.81. The molecule has 0 saturated carbocycles. The Labute approximate surface area is 115 Å². The fourth-order valence-corrected chi connectivity index (χ4v) is 1.33. The van der Waals surface area contributed by atoms with E-state index in [1.807, 2.05) is 25.1 Å². The first kappa shape index (κ1) is 14.2. The summed E-state index contributed by atoms with van der Waals surface area (Å²) in [6, 6.07) is 10.7. The number of nitriles is 1. The normalized spacial score (nSPS) is 8.53. The van der Waals surface area contributed by atoms with E-state index in [0.717, 1.165) is 16.5 Å². The van der Waals surface area contributed by atoms with Crippen LogP contribution in [-0.2, 0) is 32.7 Å². The van der Waals surface area contributed by atoms with Crippen molar-refractivity contribution < 1.29 is 32.7 Å². The van der Waals surface area contributed by atoms with Crippen molar-refractivity contribution in [1.82, 2.24) is 4.98 Å². The van der Waals surface area contributed by atoms with Crippen molar-refractivity contribution >= 4 is 10.9 Å². The summed E-state index contributed by atoms with van der Waals surface area (Å²) < 4.78 is 0. The van der Waals surface area contributed by atoms with Crippen LogP contribution in [0.1, 0.15) is 11.1 Å². The number of fused-ring (bicyclic) bond motifs is 1. The molecule has 0 aliphatic heterocycles. The molecule has 15 heavy (non-hydrogen) atoms. The Morgan fingerprint density at radius 3 is 2.87 bits per heavy atom. The van der Waals surface area contributed by atoms with E-state index in [1.54, 1.807) is 6.20 Å². The molecule has 0 fully saturated rings. The van der Waals surface area contributed by atoms with Gasteiger partial charge in [-0.1, -0.05) is 0 Å². The molecule has 1 radical (unpaired) electrons. The molecular weight excluding hydrogens is 261 g/mol. The van der Waals surface area contributed by atoms with Gasteiger partial charge in [0.2, 0.25) is 0 Å². The molecule has 0 N–H and O–H groups in total. The maximum Gasteiger partial charge on any atom is 0.101 e. The van der Waals surface area contributed by atoms with Crippen LogP contribution in [0.4, 0.5) is 0 Å². The first-order valence-electron chi connectivity index (χ1n) is 3.98. The van der Waals surface area contributed by atoms with Gasteiger partial charge in [-0.05, 0) is 18.0 Å². The predicted octanol–water partition coefficient (Wildman–Crippen LogP) is 2.66. The number of hydrogen-bond acceptors (Lipinski definition) is 2. The van der Waals surface area contributed by atoms with E-state index in [2.05, 4.69) is 17.1 Å². The van der Waals surface area contributed by atoms with E-state index in [-0.39, 0.29) is 40.1 Å². The zero-order valence-electron chi connectivity index (χ0n) is 8.78. The van der Waals surface area contributed by atoms with Crippen LogP contribution < -0.4 is 0 Å². The minimum Gasteiger partial charge on any atom is -0.358 e. The van der Waals surface area contributed by atoms with Gasteiger partial charge >= 0.3 is 0 Å². The molecule has 1 heterocycles. The fourth-order valence-electron chi connectivity index (χ4n) is 1.33. The van der Waals surface area contributed by atoms with Crippen LogP contribution in [0.5, 0.6) is 0 Å². The minimum absolute atomic E-state index is 0. The average Bonchev–Trinajstić information content (AvgIpc) is 2.19. The van der Waals surface area contributed by atoms with Gasteiger partial charge in [0, 0.05) is 38.9 Å². The van der Waals surface area contributed by atoms with Crippen LogP contribution in [0.15, 0.2) is 24.4 Å². The number of aromatic nitrogens is 1. The van der Waals surface area contributed by atoms with Gasteiger partial charge in [-0.3, -0.25) is 0 Å². The van der Waals surface area contributed by atoms with E-state index in [9.17, 15) is 0 Å². The van der Waals surface area contributed by atoms with Crippen molar-refractivity contribution in [3.05, 3.63) is 49.0 Å². The molecular formula is C12H10N2Y-2. The Balaban J connectivity index is 0.000000980. The average molecular weight is 271 g/mol. The van der Waals surface area contributed by atoms with Crippen LogP contribution in [0.25, 0.3) is 10.9 Å². The standard InChI is InChI=1S/C11H7N2.CH3.Y/c1-8-9(6-12)7-13-11-5-3-2-4-10(8)11;;/h2,4-5,7H,1H3;1H3;/q2*-1;. The first-order valence-corrected chi connectivity index (χ1v) is 3.98. The minimum atomic E-state index is 0. The maximum atomic E-state index is 8.78. The van der Waals surface area contributed by atoms with Gasteiger partial charge < -0.3 is 12.4 Å². The molecule has 0 aliphatic carbocycles. The Bertz CT molecular complexity index is 500. The number of nitrogens with zero attached hydrogens (tertiary/aromatic N) is 2. The molecule has 0 bridgehead atoms. The first-order chi connectivity index (χ1) is 6.33. The van der Waals surface area contributed by atoms with Crippen molar-refractivity contribution in [2.24, 2.45) is 0 Å². The summed E-state index contributed by atoms with van der Waals surface area (Å²) in [5.41, 5.74) is 2.51. The van der Waals surface area contributed by atoms with E-state index in [4.69, 9.17) is 5.26 Å². The molecule has 73 valence electrons. The molecule has 0 unspecified atom stereocenters. The van der Waals surface area contributed by atoms with Crippen molar-refractivity contribution in [3.8, 4) is 6.07 Å². The van der Waals surface area contributed by atoms with Crippen LogP contribution in [-0.4, -0.2) is 4.98 Å².